The molecule has 0 unspecified atom stereocenters. The quantitative estimate of drug-likeness (QED) is 0.830. The molecule has 25 heavy (non-hydrogen) atoms. The first-order valence-corrected chi connectivity index (χ1v) is 8.86. The first-order chi connectivity index (χ1) is 12.1. The van der Waals surface area contributed by atoms with Crippen LogP contribution in [0, 0.1) is 13.8 Å². The zero-order valence-electron chi connectivity index (χ0n) is 15.7. The van der Waals surface area contributed by atoms with Crippen LogP contribution in [0.25, 0.3) is 0 Å². The highest BCUT2D eigenvalue weighted by Gasteiger charge is 2.19. The van der Waals surface area contributed by atoms with E-state index in [1.807, 2.05) is 6.07 Å². The van der Waals surface area contributed by atoms with Gasteiger partial charge in [0.1, 0.15) is 0 Å². The maximum Gasteiger partial charge on any atom is 0.161 e. The molecular weight excluding hydrogens is 312 g/mol. The molecule has 0 radical (unpaired) electrons. The van der Waals surface area contributed by atoms with Crippen molar-refractivity contribution >= 4 is 5.69 Å². The van der Waals surface area contributed by atoms with E-state index in [1.54, 1.807) is 14.2 Å². The van der Waals surface area contributed by atoms with Crippen LogP contribution in [-0.4, -0.2) is 45.3 Å². The SMILES string of the molecule is COc1ccc(CN2CCN(c3cc(C)ccc3C)CC2)cc1OC. The van der Waals surface area contributed by atoms with Crippen LogP contribution in [0.4, 0.5) is 5.69 Å². The highest BCUT2D eigenvalue weighted by Crippen LogP contribution is 2.28. The largest absolute Gasteiger partial charge is 0.493 e. The van der Waals surface area contributed by atoms with Gasteiger partial charge >= 0.3 is 0 Å². The van der Waals surface area contributed by atoms with Crippen LogP contribution in [0.5, 0.6) is 11.5 Å². The van der Waals surface area contributed by atoms with Gasteiger partial charge in [-0.05, 0) is 48.7 Å². The summed E-state index contributed by atoms with van der Waals surface area (Å²) in [7, 11) is 3.36. The first-order valence-electron chi connectivity index (χ1n) is 8.86. The minimum atomic E-state index is 0.783. The second-order valence-corrected chi connectivity index (χ2v) is 6.74. The number of anilines is 1. The maximum atomic E-state index is 5.41. The molecule has 0 spiro atoms. The smallest absolute Gasteiger partial charge is 0.161 e. The number of hydrogen-bond donors (Lipinski definition) is 0. The van der Waals surface area contributed by atoms with Crippen molar-refractivity contribution < 1.29 is 9.47 Å². The third-order valence-corrected chi connectivity index (χ3v) is 4.93. The standard InChI is InChI=1S/C21H28N2O2/c1-16-5-6-17(2)19(13-16)23-11-9-22(10-12-23)15-18-7-8-20(24-3)21(14-18)25-4/h5-8,13-14H,9-12,15H2,1-4H3. The molecule has 3 rings (SSSR count). The summed E-state index contributed by atoms with van der Waals surface area (Å²) in [6.07, 6.45) is 0. The molecule has 2 aromatic rings. The number of piperazine rings is 1. The Morgan fingerprint density at radius 3 is 2.24 bits per heavy atom. The molecule has 1 aliphatic heterocycles. The first kappa shape index (κ1) is 17.6. The molecule has 0 bridgehead atoms. The topological polar surface area (TPSA) is 24.9 Å². The number of rotatable bonds is 5. The predicted molar refractivity (Wildman–Crippen MR) is 103 cm³/mol. The van der Waals surface area contributed by atoms with Gasteiger partial charge in [0.25, 0.3) is 0 Å². The molecule has 1 fully saturated rings. The Balaban J connectivity index is 1.62. The summed E-state index contributed by atoms with van der Waals surface area (Å²) in [5.41, 5.74) is 5.33. The summed E-state index contributed by atoms with van der Waals surface area (Å²) in [6, 6.07) is 12.9. The number of nitrogens with zero attached hydrogens (tertiary/aromatic N) is 2. The van der Waals surface area contributed by atoms with Gasteiger partial charge in [-0.15, -0.1) is 0 Å². The lowest BCUT2D eigenvalue weighted by molar-refractivity contribution is 0.249. The molecule has 0 saturated carbocycles. The van der Waals surface area contributed by atoms with Crippen LogP contribution in [0.2, 0.25) is 0 Å². The number of benzene rings is 2. The van der Waals surface area contributed by atoms with Crippen molar-refractivity contribution in [1.29, 1.82) is 0 Å². The molecule has 1 heterocycles. The third kappa shape index (κ3) is 4.07. The van der Waals surface area contributed by atoms with Crippen LogP contribution in [0.1, 0.15) is 16.7 Å². The highest BCUT2D eigenvalue weighted by molar-refractivity contribution is 5.55. The molecule has 4 heteroatoms. The van der Waals surface area contributed by atoms with Crippen LogP contribution in [0.15, 0.2) is 36.4 Å². The molecule has 1 saturated heterocycles. The minimum Gasteiger partial charge on any atom is -0.493 e. The Morgan fingerprint density at radius 1 is 0.840 bits per heavy atom. The molecule has 0 aromatic heterocycles. The fourth-order valence-electron chi connectivity index (χ4n) is 3.44. The van der Waals surface area contributed by atoms with Gasteiger partial charge in [-0.25, -0.2) is 0 Å². The monoisotopic (exact) mass is 340 g/mol. The van der Waals surface area contributed by atoms with Crippen LogP contribution in [0.3, 0.4) is 0 Å². The summed E-state index contributed by atoms with van der Waals surface area (Å²) in [5, 5.41) is 0. The minimum absolute atomic E-state index is 0.783. The molecule has 4 nitrogen and oxygen atoms in total. The lowest BCUT2D eigenvalue weighted by Gasteiger charge is -2.37. The predicted octanol–water partition coefficient (Wildman–Crippen LogP) is 3.64. The summed E-state index contributed by atoms with van der Waals surface area (Å²) >= 11 is 0. The third-order valence-electron chi connectivity index (χ3n) is 4.93. The fraction of sp³-hybridized carbons (Fsp3) is 0.429. The number of methoxy groups -OCH3 is 2. The van der Waals surface area contributed by atoms with E-state index in [1.165, 1.54) is 22.4 Å². The average molecular weight is 340 g/mol. The lowest BCUT2D eigenvalue weighted by atomic mass is 10.1. The van der Waals surface area contributed by atoms with Crippen LogP contribution < -0.4 is 14.4 Å². The molecule has 2 aromatic carbocycles. The van der Waals surface area contributed by atoms with Gasteiger partial charge in [0.05, 0.1) is 14.2 Å². The van der Waals surface area contributed by atoms with Crippen molar-refractivity contribution in [1.82, 2.24) is 4.90 Å². The van der Waals surface area contributed by atoms with Gasteiger partial charge in [-0.1, -0.05) is 18.2 Å². The van der Waals surface area contributed by atoms with E-state index in [2.05, 4.69) is 54.0 Å². The maximum absolute atomic E-state index is 5.41. The number of aryl methyl sites for hydroxylation is 2. The molecule has 134 valence electrons. The zero-order chi connectivity index (χ0) is 17.8. The fourth-order valence-corrected chi connectivity index (χ4v) is 3.44. The van der Waals surface area contributed by atoms with Crippen molar-refractivity contribution in [2.75, 3.05) is 45.3 Å². The summed E-state index contributed by atoms with van der Waals surface area (Å²) < 4.78 is 10.7. The second kappa shape index (κ2) is 7.79. The van der Waals surface area contributed by atoms with Crippen molar-refractivity contribution in [2.45, 2.75) is 20.4 Å². The molecule has 1 aliphatic rings. The Hall–Kier alpha value is -2.20. The van der Waals surface area contributed by atoms with Gasteiger partial charge in [0.2, 0.25) is 0 Å². The number of ether oxygens (including phenoxy) is 2. The van der Waals surface area contributed by atoms with Crippen LogP contribution >= 0.6 is 0 Å². The van der Waals surface area contributed by atoms with E-state index >= 15 is 0 Å². The number of hydrogen-bond acceptors (Lipinski definition) is 4. The average Bonchev–Trinajstić information content (AvgIpc) is 2.64. The summed E-state index contributed by atoms with van der Waals surface area (Å²) in [4.78, 5) is 5.01. The molecule has 0 amide bonds. The molecular formula is C21H28N2O2. The van der Waals surface area contributed by atoms with E-state index in [4.69, 9.17) is 9.47 Å². The Kier molecular flexibility index (Phi) is 5.49. The molecule has 0 aliphatic carbocycles. The van der Waals surface area contributed by atoms with Crippen molar-refractivity contribution in [3.8, 4) is 11.5 Å². The van der Waals surface area contributed by atoms with Crippen molar-refractivity contribution in [3.63, 3.8) is 0 Å². The van der Waals surface area contributed by atoms with E-state index < -0.39 is 0 Å². The molecule has 0 N–H and O–H groups in total. The Bertz CT molecular complexity index is 722. The summed E-state index contributed by atoms with van der Waals surface area (Å²) in [5.74, 6) is 1.58. The van der Waals surface area contributed by atoms with E-state index in [0.717, 1.165) is 44.2 Å². The van der Waals surface area contributed by atoms with Crippen molar-refractivity contribution in [3.05, 3.63) is 53.1 Å². The van der Waals surface area contributed by atoms with Gasteiger partial charge < -0.3 is 14.4 Å². The molecule has 0 atom stereocenters. The Morgan fingerprint density at radius 2 is 1.56 bits per heavy atom. The van der Waals surface area contributed by atoms with E-state index in [9.17, 15) is 0 Å². The zero-order valence-corrected chi connectivity index (χ0v) is 15.7. The summed E-state index contributed by atoms with van der Waals surface area (Å²) in [6.45, 7) is 9.58. The second-order valence-electron chi connectivity index (χ2n) is 6.74. The van der Waals surface area contributed by atoms with Gasteiger partial charge in [0, 0.05) is 38.4 Å². The van der Waals surface area contributed by atoms with E-state index in [-0.39, 0.29) is 0 Å². The van der Waals surface area contributed by atoms with Gasteiger partial charge in [-0.2, -0.15) is 0 Å². The Labute approximate surface area is 151 Å². The highest BCUT2D eigenvalue weighted by atomic mass is 16.5. The van der Waals surface area contributed by atoms with E-state index in [0.29, 0.717) is 0 Å². The van der Waals surface area contributed by atoms with Gasteiger partial charge in [0.15, 0.2) is 11.5 Å². The van der Waals surface area contributed by atoms with Crippen LogP contribution in [-0.2, 0) is 6.54 Å². The normalized spacial score (nSPS) is 15.3. The lowest BCUT2D eigenvalue weighted by Crippen LogP contribution is -2.46. The van der Waals surface area contributed by atoms with Crippen molar-refractivity contribution in [2.24, 2.45) is 0 Å². The van der Waals surface area contributed by atoms with Gasteiger partial charge in [-0.3, -0.25) is 4.90 Å².